The summed E-state index contributed by atoms with van der Waals surface area (Å²) in [5.41, 5.74) is 7.53. The molecule has 0 aliphatic heterocycles. The molecule has 0 aliphatic rings. The number of methoxy groups -OCH3 is 1. The van der Waals surface area contributed by atoms with Crippen molar-refractivity contribution in [2.45, 2.75) is 12.0 Å². The van der Waals surface area contributed by atoms with Crippen molar-refractivity contribution >= 4 is 0 Å². The monoisotopic (exact) mass is 258 g/mol. The Balaban J connectivity index is 2.33. The molecule has 0 amide bonds. The van der Waals surface area contributed by atoms with Gasteiger partial charge in [0.25, 0.3) is 0 Å². The van der Waals surface area contributed by atoms with Crippen molar-refractivity contribution in [2.24, 2.45) is 5.73 Å². The largest absolute Gasteiger partial charge is 0.496 e. The van der Waals surface area contributed by atoms with E-state index in [0.717, 1.165) is 11.1 Å². The van der Waals surface area contributed by atoms with Crippen molar-refractivity contribution in [3.63, 3.8) is 0 Å². The molecule has 2 atom stereocenters. The SMILES string of the molecule is COc1ccccc1C(O)C(CN)c1ccncc1. The Hall–Kier alpha value is -1.91. The summed E-state index contributed by atoms with van der Waals surface area (Å²) in [5, 5.41) is 10.6. The third kappa shape index (κ3) is 2.92. The highest BCUT2D eigenvalue weighted by Crippen LogP contribution is 2.34. The van der Waals surface area contributed by atoms with Crippen LogP contribution in [0, 0.1) is 0 Å². The number of pyridine rings is 1. The molecule has 0 fully saturated rings. The van der Waals surface area contributed by atoms with Gasteiger partial charge < -0.3 is 15.6 Å². The number of nitrogens with zero attached hydrogens (tertiary/aromatic N) is 1. The van der Waals surface area contributed by atoms with Gasteiger partial charge in [-0.2, -0.15) is 0 Å². The second kappa shape index (κ2) is 6.31. The standard InChI is InChI=1S/C15H18N2O2/c1-19-14-5-3-2-4-12(14)15(18)13(10-16)11-6-8-17-9-7-11/h2-9,13,15,18H,10,16H2,1H3. The Morgan fingerprint density at radius 1 is 1.21 bits per heavy atom. The van der Waals surface area contributed by atoms with Crippen LogP contribution in [-0.4, -0.2) is 23.7 Å². The first-order valence-electron chi connectivity index (χ1n) is 6.19. The molecule has 3 N–H and O–H groups in total. The lowest BCUT2D eigenvalue weighted by molar-refractivity contribution is 0.143. The highest BCUT2D eigenvalue weighted by molar-refractivity contribution is 5.37. The Kier molecular flexibility index (Phi) is 4.49. The molecule has 2 unspecified atom stereocenters. The van der Waals surface area contributed by atoms with Crippen LogP contribution in [0.2, 0.25) is 0 Å². The van der Waals surface area contributed by atoms with Crippen LogP contribution in [0.4, 0.5) is 0 Å². The van der Waals surface area contributed by atoms with E-state index in [4.69, 9.17) is 10.5 Å². The molecule has 1 aromatic carbocycles. The molecule has 4 nitrogen and oxygen atoms in total. The molecule has 0 spiro atoms. The first-order valence-corrected chi connectivity index (χ1v) is 6.19. The summed E-state index contributed by atoms with van der Waals surface area (Å²) < 4.78 is 5.28. The molecule has 0 radical (unpaired) electrons. The van der Waals surface area contributed by atoms with Gasteiger partial charge in [-0.25, -0.2) is 0 Å². The zero-order chi connectivity index (χ0) is 13.7. The maximum Gasteiger partial charge on any atom is 0.124 e. The molecule has 2 aromatic rings. The van der Waals surface area contributed by atoms with E-state index in [1.165, 1.54) is 0 Å². The van der Waals surface area contributed by atoms with Gasteiger partial charge in [0.05, 0.1) is 13.2 Å². The van der Waals surface area contributed by atoms with E-state index in [1.54, 1.807) is 19.5 Å². The van der Waals surface area contributed by atoms with Gasteiger partial charge in [0, 0.05) is 30.4 Å². The fraction of sp³-hybridized carbons (Fsp3) is 0.267. The third-order valence-electron chi connectivity index (χ3n) is 3.23. The summed E-state index contributed by atoms with van der Waals surface area (Å²) in [6, 6.07) is 11.2. The summed E-state index contributed by atoms with van der Waals surface area (Å²) in [7, 11) is 1.59. The Bertz CT molecular complexity index is 517. The summed E-state index contributed by atoms with van der Waals surface area (Å²) in [5.74, 6) is 0.488. The second-order valence-corrected chi connectivity index (χ2v) is 4.31. The molecule has 4 heteroatoms. The number of hydrogen-bond acceptors (Lipinski definition) is 4. The number of para-hydroxylation sites is 1. The lowest BCUT2D eigenvalue weighted by Crippen LogP contribution is -2.20. The highest BCUT2D eigenvalue weighted by Gasteiger charge is 2.23. The fourth-order valence-electron chi connectivity index (χ4n) is 2.19. The predicted molar refractivity (Wildman–Crippen MR) is 74.0 cm³/mol. The van der Waals surface area contributed by atoms with E-state index in [0.29, 0.717) is 12.3 Å². The molecule has 0 saturated heterocycles. The van der Waals surface area contributed by atoms with Crippen molar-refractivity contribution in [3.8, 4) is 5.75 Å². The minimum atomic E-state index is -0.705. The van der Waals surface area contributed by atoms with Gasteiger partial charge in [0.2, 0.25) is 0 Å². The van der Waals surface area contributed by atoms with Crippen LogP contribution in [0.1, 0.15) is 23.1 Å². The molecule has 2 rings (SSSR count). The molecule has 0 saturated carbocycles. The molecule has 0 bridgehead atoms. The number of aromatic nitrogens is 1. The molecule has 1 heterocycles. The van der Waals surface area contributed by atoms with Crippen LogP contribution in [-0.2, 0) is 0 Å². The van der Waals surface area contributed by atoms with E-state index < -0.39 is 6.10 Å². The van der Waals surface area contributed by atoms with E-state index in [2.05, 4.69) is 4.98 Å². The van der Waals surface area contributed by atoms with E-state index in [-0.39, 0.29) is 5.92 Å². The van der Waals surface area contributed by atoms with Crippen molar-refractivity contribution in [3.05, 3.63) is 59.9 Å². The number of aliphatic hydroxyl groups excluding tert-OH is 1. The predicted octanol–water partition coefficient (Wildman–Crippen LogP) is 1.87. The Morgan fingerprint density at radius 2 is 1.89 bits per heavy atom. The van der Waals surface area contributed by atoms with E-state index in [9.17, 15) is 5.11 Å². The summed E-state index contributed by atoms with van der Waals surface area (Å²) in [6.07, 6.45) is 2.70. The molecule has 100 valence electrons. The van der Waals surface area contributed by atoms with Crippen molar-refractivity contribution in [2.75, 3.05) is 13.7 Å². The van der Waals surface area contributed by atoms with Crippen molar-refractivity contribution < 1.29 is 9.84 Å². The zero-order valence-electron chi connectivity index (χ0n) is 10.9. The van der Waals surface area contributed by atoms with Gasteiger partial charge in [0.15, 0.2) is 0 Å². The number of benzene rings is 1. The van der Waals surface area contributed by atoms with Crippen LogP contribution in [0.3, 0.4) is 0 Å². The minimum absolute atomic E-state index is 0.181. The summed E-state index contributed by atoms with van der Waals surface area (Å²) in [4.78, 5) is 3.98. The van der Waals surface area contributed by atoms with Gasteiger partial charge in [-0.3, -0.25) is 4.98 Å². The van der Waals surface area contributed by atoms with Crippen LogP contribution in [0.15, 0.2) is 48.8 Å². The van der Waals surface area contributed by atoms with Crippen molar-refractivity contribution in [1.29, 1.82) is 0 Å². The van der Waals surface area contributed by atoms with Gasteiger partial charge in [-0.15, -0.1) is 0 Å². The van der Waals surface area contributed by atoms with Gasteiger partial charge in [-0.1, -0.05) is 18.2 Å². The van der Waals surface area contributed by atoms with Crippen molar-refractivity contribution in [1.82, 2.24) is 4.98 Å². The average molecular weight is 258 g/mol. The van der Waals surface area contributed by atoms with E-state index in [1.807, 2.05) is 36.4 Å². The van der Waals surface area contributed by atoms with Crippen LogP contribution in [0.5, 0.6) is 5.75 Å². The topological polar surface area (TPSA) is 68.4 Å². The first kappa shape index (κ1) is 13.5. The van der Waals surface area contributed by atoms with Crippen LogP contribution >= 0.6 is 0 Å². The number of ether oxygens (including phenoxy) is 1. The lowest BCUT2D eigenvalue weighted by Gasteiger charge is -2.23. The molecule has 0 aliphatic carbocycles. The number of aliphatic hydroxyl groups is 1. The van der Waals surface area contributed by atoms with Crippen LogP contribution < -0.4 is 10.5 Å². The Labute approximate surface area is 112 Å². The quantitative estimate of drug-likeness (QED) is 0.859. The first-order chi connectivity index (χ1) is 9.27. The molecular weight excluding hydrogens is 240 g/mol. The maximum atomic E-state index is 10.6. The summed E-state index contributed by atoms with van der Waals surface area (Å²) >= 11 is 0. The zero-order valence-corrected chi connectivity index (χ0v) is 10.9. The molecular formula is C15H18N2O2. The van der Waals surface area contributed by atoms with Gasteiger partial charge in [0.1, 0.15) is 5.75 Å². The normalized spacial score (nSPS) is 13.8. The molecule has 1 aromatic heterocycles. The average Bonchev–Trinajstić information content (AvgIpc) is 2.49. The number of rotatable bonds is 5. The lowest BCUT2D eigenvalue weighted by atomic mass is 9.89. The van der Waals surface area contributed by atoms with Crippen LogP contribution in [0.25, 0.3) is 0 Å². The van der Waals surface area contributed by atoms with Gasteiger partial charge >= 0.3 is 0 Å². The number of nitrogens with two attached hydrogens (primary N) is 1. The number of hydrogen-bond donors (Lipinski definition) is 2. The maximum absolute atomic E-state index is 10.6. The third-order valence-corrected chi connectivity index (χ3v) is 3.23. The Morgan fingerprint density at radius 3 is 2.53 bits per heavy atom. The second-order valence-electron chi connectivity index (χ2n) is 4.31. The minimum Gasteiger partial charge on any atom is -0.496 e. The smallest absolute Gasteiger partial charge is 0.124 e. The molecule has 19 heavy (non-hydrogen) atoms. The highest BCUT2D eigenvalue weighted by atomic mass is 16.5. The fourth-order valence-corrected chi connectivity index (χ4v) is 2.19. The van der Waals surface area contributed by atoms with E-state index >= 15 is 0 Å². The summed E-state index contributed by atoms with van der Waals surface area (Å²) in [6.45, 7) is 0.350. The van der Waals surface area contributed by atoms with Gasteiger partial charge in [-0.05, 0) is 23.8 Å².